The highest BCUT2D eigenvalue weighted by Crippen LogP contribution is 2.43. The first-order chi connectivity index (χ1) is 8.78. The van der Waals surface area contributed by atoms with Crippen LogP contribution in [0.2, 0.25) is 0 Å². The summed E-state index contributed by atoms with van der Waals surface area (Å²) in [6.07, 6.45) is 0. The summed E-state index contributed by atoms with van der Waals surface area (Å²) in [6, 6.07) is 3.30. The Hall–Kier alpha value is -1.88. The monoisotopic (exact) mass is 291 g/mol. The van der Waals surface area contributed by atoms with E-state index in [1.807, 2.05) is 0 Å². The number of carbonyl (C=O) groups excluding carboxylic acids is 1. The number of nitriles is 1. The molecule has 0 saturated carbocycles. The Morgan fingerprint density at radius 1 is 1.53 bits per heavy atom. The number of hydrogen-bond donors (Lipinski definition) is 1. The number of phenolic OH excluding ortho intramolecular Hbond substituents is 1. The molecule has 19 heavy (non-hydrogen) atoms. The first-order valence-electron chi connectivity index (χ1n) is 4.98. The van der Waals surface area contributed by atoms with Crippen LogP contribution in [0.5, 0.6) is 5.75 Å². The summed E-state index contributed by atoms with van der Waals surface area (Å²) in [5.41, 5.74) is -5.26. The van der Waals surface area contributed by atoms with Crippen LogP contribution < -0.4 is 0 Å². The fourth-order valence-corrected chi connectivity index (χ4v) is 1.86. The molecule has 0 bridgehead atoms. The van der Waals surface area contributed by atoms with Gasteiger partial charge in [-0.15, -0.1) is 0 Å². The maximum absolute atomic E-state index is 12.3. The lowest BCUT2D eigenvalue weighted by Crippen LogP contribution is -2.06. The molecule has 0 heterocycles. The van der Waals surface area contributed by atoms with Crippen molar-refractivity contribution in [1.29, 1.82) is 5.26 Å². The smallest absolute Gasteiger partial charge is 0.446 e. The predicted octanol–water partition coefficient (Wildman–Crippen LogP) is 3.05. The molecule has 0 aliphatic carbocycles. The van der Waals surface area contributed by atoms with E-state index >= 15 is 0 Å². The third kappa shape index (κ3) is 4.06. The molecule has 102 valence electrons. The second kappa shape index (κ2) is 5.84. The Morgan fingerprint density at radius 2 is 2.16 bits per heavy atom. The number of phenols is 1. The van der Waals surface area contributed by atoms with Crippen molar-refractivity contribution in [3.8, 4) is 11.8 Å². The summed E-state index contributed by atoms with van der Waals surface area (Å²) in [6.45, 7) is 1.62. The highest BCUT2D eigenvalue weighted by Gasteiger charge is 2.32. The number of carbonyl (C=O) groups is 1. The largest absolute Gasteiger partial charge is 0.507 e. The van der Waals surface area contributed by atoms with Crippen molar-refractivity contribution in [2.75, 3.05) is 6.61 Å². The molecule has 1 aromatic carbocycles. The Kier molecular flexibility index (Phi) is 4.67. The van der Waals surface area contributed by atoms with Crippen molar-refractivity contribution in [2.45, 2.75) is 17.3 Å². The Labute approximate surface area is 110 Å². The average Bonchev–Trinajstić information content (AvgIpc) is 2.30. The highest BCUT2D eigenvalue weighted by atomic mass is 32.2. The lowest BCUT2D eigenvalue weighted by atomic mass is 10.1. The highest BCUT2D eigenvalue weighted by molar-refractivity contribution is 8.00. The van der Waals surface area contributed by atoms with E-state index in [0.29, 0.717) is 0 Å². The molecule has 0 radical (unpaired) electrons. The minimum absolute atomic E-state index is 0.0700. The molecular weight excluding hydrogens is 283 g/mol. The van der Waals surface area contributed by atoms with Gasteiger partial charge >= 0.3 is 11.5 Å². The van der Waals surface area contributed by atoms with Crippen LogP contribution in [-0.4, -0.2) is 23.2 Å². The van der Waals surface area contributed by atoms with Crippen LogP contribution in [0.15, 0.2) is 17.0 Å². The summed E-state index contributed by atoms with van der Waals surface area (Å²) in [5, 5.41) is 18.3. The minimum Gasteiger partial charge on any atom is -0.507 e. The molecule has 0 spiro atoms. The number of halogens is 3. The number of alkyl halides is 3. The molecule has 0 amide bonds. The average molecular weight is 291 g/mol. The zero-order chi connectivity index (χ0) is 14.6. The molecule has 0 aliphatic heterocycles. The minimum atomic E-state index is -4.64. The Bertz CT molecular complexity index is 537. The van der Waals surface area contributed by atoms with Gasteiger partial charge < -0.3 is 9.84 Å². The second-order valence-corrected chi connectivity index (χ2v) is 4.33. The van der Waals surface area contributed by atoms with Crippen LogP contribution in [0.1, 0.15) is 22.8 Å². The maximum Gasteiger partial charge on any atom is 0.446 e. The third-order valence-corrected chi connectivity index (χ3v) is 2.78. The van der Waals surface area contributed by atoms with E-state index in [0.717, 1.165) is 12.1 Å². The summed E-state index contributed by atoms with van der Waals surface area (Å²) >= 11 is -0.612. The van der Waals surface area contributed by atoms with E-state index in [1.54, 1.807) is 6.92 Å². The molecule has 4 nitrogen and oxygen atoms in total. The Balaban J connectivity index is 3.23. The molecule has 8 heteroatoms. The number of aromatic hydroxyl groups is 1. The van der Waals surface area contributed by atoms with Crippen LogP contribution in [0.25, 0.3) is 0 Å². The lowest BCUT2D eigenvalue weighted by Gasteiger charge is -2.10. The normalized spacial score (nSPS) is 10.9. The SMILES string of the molecule is CCOC(=O)c1cc(O)c(SC(F)(F)F)c(C#N)c1. The molecule has 1 rings (SSSR count). The summed E-state index contributed by atoms with van der Waals surface area (Å²) in [7, 11) is 0. The molecule has 1 aromatic rings. The van der Waals surface area contributed by atoms with Crippen molar-refractivity contribution >= 4 is 17.7 Å². The van der Waals surface area contributed by atoms with Gasteiger partial charge in [0.25, 0.3) is 0 Å². The van der Waals surface area contributed by atoms with Crippen LogP contribution in [0.4, 0.5) is 13.2 Å². The van der Waals surface area contributed by atoms with Gasteiger partial charge in [-0.2, -0.15) is 18.4 Å². The van der Waals surface area contributed by atoms with Gasteiger partial charge in [0.2, 0.25) is 0 Å². The van der Waals surface area contributed by atoms with E-state index in [1.165, 1.54) is 6.07 Å². The number of benzene rings is 1. The summed E-state index contributed by atoms with van der Waals surface area (Å²) < 4.78 is 41.4. The molecule has 0 unspecified atom stereocenters. The summed E-state index contributed by atoms with van der Waals surface area (Å²) in [5.74, 6) is -1.61. The van der Waals surface area contributed by atoms with Crippen LogP contribution >= 0.6 is 11.8 Å². The van der Waals surface area contributed by atoms with Gasteiger partial charge in [0.1, 0.15) is 11.8 Å². The topological polar surface area (TPSA) is 70.3 Å². The first kappa shape index (κ1) is 15.2. The van der Waals surface area contributed by atoms with Crippen LogP contribution in [0, 0.1) is 11.3 Å². The fraction of sp³-hybridized carbons (Fsp3) is 0.273. The molecule has 0 aromatic heterocycles. The predicted molar refractivity (Wildman–Crippen MR) is 60.7 cm³/mol. The molecule has 0 atom stereocenters. The van der Waals surface area contributed by atoms with Crippen molar-refractivity contribution in [3.63, 3.8) is 0 Å². The van der Waals surface area contributed by atoms with Crippen LogP contribution in [-0.2, 0) is 4.74 Å². The number of hydrogen-bond acceptors (Lipinski definition) is 5. The van der Waals surface area contributed by atoms with Crippen molar-refractivity contribution < 1.29 is 27.8 Å². The molecule has 0 fully saturated rings. The number of nitrogens with zero attached hydrogens (tertiary/aromatic N) is 1. The van der Waals surface area contributed by atoms with Gasteiger partial charge in [0, 0.05) is 0 Å². The summed E-state index contributed by atoms with van der Waals surface area (Å²) in [4.78, 5) is 10.8. The van der Waals surface area contributed by atoms with Gasteiger partial charge in [-0.25, -0.2) is 4.79 Å². The van der Waals surface area contributed by atoms with E-state index in [2.05, 4.69) is 4.74 Å². The zero-order valence-corrected chi connectivity index (χ0v) is 10.4. The van der Waals surface area contributed by atoms with Gasteiger partial charge in [-0.1, -0.05) is 0 Å². The number of rotatable bonds is 3. The molecule has 0 saturated heterocycles. The number of thioether (sulfide) groups is 1. The van der Waals surface area contributed by atoms with Gasteiger partial charge in [-0.05, 0) is 30.8 Å². The number of esters is 1. The second-order valence-electron chi connectivity index (χ2n) is 3.25. The van der Waals surface area contributed by atoms with Crippen molar-refractivity contribution in [1.82, 2.24) is 0 Å². The van der Waals surface area contributed by atoms with E-state index in [4.69, 9.17) is 5.26 Å². The van der Waals surface area contributed by atoms with E-state index in [9.17, 15) is 23.1 Å². The first-order valence-corrected chi connectivity index (χ1v) is 5.80. The van der Waals surface area contributed by atoms with Gasteiger partial charge in [0.15, 0.2) is 0 Å². The number of ether oxygens (including phenoxy) is 1. The molecule has 0 aliphatic rings. The van der Waals surface area contributed by atoms with Gasteiger partial charge in [0.05, 0.1) is 22.6 Å². The maximum atomic E-state index is 12.3. The molecular formula is C11H8F3NO3S. The van der Waals surface area contributed by atoms with Crippen LogP contribution in [0.3, 0.4) is 0 Å². The Morgan fingerprint density at radius 3 is 2.63 bits per heavy atom. The zero-order valence-electron chi connectivity index (χ0n) is 9.61. The lowest BCUT2D eigenvalue weighted by molar-refractivity contribution is -0.0329. The van der Waals surface area contributed by atoms with E-state index in [-0.39, 0.29) is 12.2 Å². The quantitative estimate of drug-likeness (QED) is 0.684. The van der Waals surface area contributed by atoms with E-state index < -0.39 is 39.4 Å². The standard InChI is InChI=1S/C11H8F3NO3S/c1-2-18-10(17)6-3-7(5-15)9(8(16)4-6)19-11(12,13)14/h3-4,16H,2H2,1H3. The van der Waals surface area contributed by atoms with Crippen molar-refractivity contribution in [3.05, 3.63) is 23.3 Å². The van der Waals surface area contributed by atoms with Crippen molar-refractivity contribution in [2.24, 2.45) is 0 Å². The fourth-order valence-electron chi connectivity index (χ4n) is 1.25. The third-order valence-electron chi connectivity index (χ3n) is 1.92. The van der Waals surface area contributed by atoms with Gasteiger partial charge in [-0.3, -0.25) is 0 Å². The molecule has 1 N–H and O–H groups in total.